The highest BCUT2D eigenvalue weighted by atomic mass is 16.2. The van der Waals surface area contributed by atoms with Crippen LogP contribution in [-0.2, 0) is 13.5 Å². The molecule has 0 radical (unpaired) electrons. The minimum absolute atomic E-state index is 0.195. The Balaban J connectivity index is 1.54. The van der Waals surface area contributed by atoms with Crippen LogP contribution in [0.5, 0.6) is 0 Å². The van der Waals surface area contributed by atoms with Crippen LogP contribution in [0, 0.1) is 0 Å². The molecule has 1 heterocycles. The first-order valence-corrected chi connectivity index (χ1v) is 7.22. The van der Waals surface area contributed by atoms with E-state index in [2.05, 4.69) is 15.7 Å². The maximum absolute atomic E-state index is 11.9. The molecule has 112 valence electrons. The lowest BCUT2D eigenvalue weighted by atomic mass is 10.1. The van der Waals surface area contributed by atoms with E-state index in [0.29, 0.717) is 6.54 Å². The molecule has 0 aliphatic carbocycles. The summed E-state index contributed by atoms with van der Waals surface area (Å²) in [5.74, 6) is 0. The largest absolute Gasteiger partial charge is 0.338 e. The molecular weight excluding hydrogens is 276 g/mol. The Bertz CT molecular complexity index is 794. The lowest BCUT2D eigenvalue weighted by Gasteiger charge is -2.08. The molecule has 0 saturated carbocycles. The van der Waals surface area contributed by atoms with E-state index in [0.717, 1.165) is 28.4 Å². The predicted molar refractivity (Wildman–Crippen MR) is 87.9 cm³/mol. The normalized spacial score (nSPS) is 10.6. The summed E-state index contributed by atoms with van der Waals surface area (Å²) in [5, 5.41) is 12.1. The van der Waals surface area contributed by atoms with Crippen LogP contribution in [0.15, 0.2) is 54.9 Å². The third kappa shape index (κ3) is 3.44. The SMILES string of the molecule is Cn1cc(CCNC(=O)Nc2ccc3ccccc3c2)cn1. The van der Waals surface area contributed by atoms with Crippen LogP contribution in [0.25, 0.3) is 10.8 Å². The van der Waals surface area contributed by atoms with Gasteiger partial charge in [-0.3, -0.25) is 4.68 Å². The molecule has 0 unspecified atom stereocenters. The minimum atomic E-state index is -0.195. The summed E-state index contributed by atoms with van der Waals surface area (Å²) >= 11 is 0. The molecule has 0 fully saturated rings. The fourth-order valence-electron chi connectivity index (χ4n) is 2.36. The fourth-order valence-corrected chi connectivity index (χ4v) is 2.36. The van der Waals surface area contributed by atoms with E-state index in [-0.39, 0.29) is 6.03 Å². The zero-order chi connectivity index (χ0) is 15.4. The highest BCUT2D eigenvalue weighted by Crippen LogP contribution is 2.18. The summed E-state index contributed by atoms with van der Waals surface area (Å²) < 4.78 is 1.75. The van der Waals surface area contributed by atoms with Gasteiger partial charge in [-0.1, -0.05) is 30.3 Å². The molecule has 0 atom stereocenters. The van der Waals surface area contributed by atoms with Gasteiger partial charge in [0.25, 0.3) is 0 Å². The van der Waals surface area contributed by atoms with E-state index in [1.165, 1.54) is 0 Å². The van der Waals surface area contributed by atoms with Crippen molar-refractivity contribution in [2.45, 2.75) is 6.42 Å². The van der Waals surface area contributed by atoms with Gasteiger partial charge >= 0.3 is 6.03 Å². The molecule has 0 spiro atoms. The van der Waals surface area contributed by atoms with E-state index in [1.807, 2.05) is 61.9 Å². The molecule has 2 N–H and O–H groups in total. The molecule has 0 saturated heterocycles. The van der Waals surface area contributed by atoms with Gasteiger partial charge in [-0.05, 0) is 34.9 Å². The topological polar surface area (TPSA) is 59.0 Å². The zero-order valence-electron chi connectivity index (χ0n) is 12.4. The number of urea groups is 1. The Kier molecular flexibility index (Phi) is 4.05. The number of hydrogen-bond acceptors (Lipinski definition) is 2. The van der Waals surface area contributed by atoms with Crippen LogP contribution in [0.4, 0.5) is 10.5 Å². The molecule has 2 aromatic carbocycles. The highest BCUT2D eigenvalue weighted by Gasteiger charge is 2.03. The van der Waals surface area contributed by atoms with E-state index in [4.69, 9.17) is 0 Å². The summed E-state index contributed by atoms with van der Waals surface area (Å²) in [5.41, 5.74) is 1.89. The van der Waals surface area contributed by atoms with Crippen LogP contribution in [0.3, 0.4) is 0 Å². The van der Waals surface area contributed by atoms with Gasteiger partial charge in [0.2, 0.25) is 0 Å². The Morgan fingerprint density at radius 2 is 2.00 bits per heavy atom. The molecule has 0 aliphatic heterocycles. The third-order valence-electron chi connectivity index (χ3n) is 3.46. The number of carbonyl (C=O) groups excluding carboxylic acids is 1. The average Bonchev–Trinajstić information content (AvgIpc) is 2.92. The minimum Gasteiger partial charge on any atom is -0.338 e. The number of anilines is 1. The zero-order valence-corrected chi connectivity index (χ0v) is 12.4. The third-order valence-corrected chi connectivity index (χ3v) is 3.46. The number of nitrogens with zero attached hydrogens (tertiary/aromatic N) is 2. The van der Waals surface area contributed by atoms with Gasteiger partial charge in [0.15, 0.2) is 0 Å². The number of fused-ring (bicyclic) bond motifs is 1. The summed E-state index contributed by atoms with van der Waals surface area (Å²) in [4.78, 5) is 11.9. The molecular formula is C17H18N4O. The average molecular weight is 294 g/mol. The number of rotatable bonds is 4. The quantitative estimate of drug-likeness (QED) is 0.777. The van der Waals surface area contributed by atoms with Crippen LogP contribution in [-0.4, -0.2) is 22.4 Å². The maximum atomic E-state index is 11.9. The monoisotopic (exact) mass is 294 g/mol. The lowest BCUT2D eigenvalue weighted by Crippen LogP contribution is -2.30. The van der Waals surface area contributed by atoms with Gasteiger partial charge in [0.05, 0.1) is 6.20 Å². The molecule has 5 nitrogen and oxygen atoms in total. The number of aryl methyl sites for hydroxylation is 1. The summed E-state index contributed by atoms with van der Waals surface area (Å²) in [7, 11) is 1.88. The lowest BCUT2D eigenvalue weighted by molar-refractivity contribution is 0.252. The first-order valence-electron chi connectivity index (χ1n) is 7.22. The molecule has 0 aliphatic rings. The first-order chi connectivity index (χ1) is 10.7. The Hall–Kier alpha value is -2.82. The van der Waals surface area contributed by atoms with Crippen LogP contribution >= 0.6 is 0 Å². The van der Waals surface area contributed by atoms with E-state index in [9.17, 15) is 4.79 Å². The van der Waals surface area contributed by atoms with Crippen molar-refractivity contribution in [3.8, 4) is 0 Å². The second kappa shape index (κ2) is 6.30. The first kappa shape index (κ1) is 14.1. The van der Waals surface area contributed by atoms with E-state index >= 15 is 0 Å². The van der Waals surface area contributed by atoms with Crippen LogP contribution in [0.1, 0.15) is 5.56 Å². The summed E-state index contributed by atoms with van der Waals surface area (Å²) in [6.07, 6.45) is 4.52. The summed E-state index contributed by atoms with van der Waals surface area (Å²) in [6, 6.07) is 13.7. The standard InChI is InChI=1S/C17H18N4O/c1-21-12-13(11-19-21)8-9-18-17(22)20-16-7-6-14-4-2-3-5-15(14)10-16/h2-7,10-12H,8-9H2,1H3,(H2,18,20,22). The van der Waals surface area contributed by atoms with Crippen molar-refractivity contribution in [1.82, 2.24) is 15.1 Å². The van der Waals surface area contributed by atoms with Gasteiger partial charge in [-0.15, -0.1) is 0 Å². The van der Waals surface area contributed by atoms with Crippen molar-refractivity contribution in [2.75, 3.05) is 11.9 Å². The second-order valence-electron chi connectivity index (χ2n) is 5.22. The fraction of sp³-hybridized carbons (Fsp3) is 0.176. The number of aromatic nitrogens is 2. The van der Waals surface area contributed by atoms with Crippen LogP contribution < -0.4 is 10.6 Å². The van der Waals surface area contributed by atoms with Gasteiger partial charge in [0.1, 0.15) is 0 Å². The highest BCUT2D eigenvalue weighted by molar-refractivity contribution is 5.93. The van der Waals surface area contributed by atoms with Crippen molar-refractivity contribution in [2.24, 2.45) is 7.05 Å². The van der Waals surface area contributed by atoms with Crippen molar-refractivity contribution < 1.29 is 4.79 Å². The number of hydrogen-bond donors (Lipinski definition) is 2. The smallest absolute Gasteiger partial charge is 0.319 e. The van der Waals surface area contributed by atoms with Crippen LogP contribution in [0.2, 0.25) is 0 Å². The Morgan fingerprint density at radius 3 is 2.77 bits per heavy atom. The Morgan fingerprint density at radius 1 is 1.18 bits per heavy atom. The van der Waals surface area contributed by atoms with Gasteiger partial charge in [-0.25, -0.2) is 4.79 Å². The van der Waals surface area contributed by atoms with Gasteiger partial charge < -0.3 is 10.6 Å². The molecule has 22 heavy (non-hydrogen) atoms. The number of nitrogens with one attached hydrogen (secondary N) is 2. The van der Waals surface area contributed by atoms with Gasteiger partial charge in [-0.2, -0.15) is 5.10 Å². The van der Waals surface area contributed by atoms with Crippen molar-refractivity contribution in [3.05, 3.63) is 60.4 Å². The summed E-state index contributed by atoms with van der Waals surface area (Å²) in [6.45, 7) is 0.575. The van der Waals surface area contributed by atoms with Gasteiger partial charge in [0, 0.05) is 25.5 Å². The molecule has 0 bridgehead atoms. The molecule has 2 amide bonds. The number of benzene rings is 2. The predicted octanol–water partition coefficient (Wildman–Crippen LogP) is 2.94. The molecule has 3 aromatic rings. The maximum Gasteiger partial charge on any atom is 0.319 e. The van der Waals surface area contributed by atoms with Crippen molar-refractivity contribution in [3.63, 3.8) is 0 Å². The van der Waals surface area contributed by atoms with Crippen molar-refractivity contribution >= 4 is 22.5 Å². The molecule has 3 rings (SSSR count). The molecule has 1 aromatic heterocycles. The van der Waals surface area contributed by atoms with E-state index in [1.54, 1.807) is 4.68 Å². The number of carbonyl (C=O) groups is 1. The van der Waals surface area contributed by atoms with Crippen molar-refractivity contribution in [1.29, 1.82) is 0 Å². The molecule has 5 heteroatoms. The second-order valence-corrected chi connectivity index (χ2v) is 5.22. The Labute approximate surface area is 128 Å². The van der Waals surface area contributed by atoms with E-state index < -0.39 is 0 Å². The number of amides is 2.